The number of fused-ring (bicyclic) bond motifs is 2. The first-order valence-corrected chi connectivity index (χ1v) is 13.2. The van der Waals surface area contributed by atoms with E-state index < -0.39 is 16.6 Å². The molecule has 2 atom stereocenters. The molecule has 1 saturated heterocycles. The molecule has 5 rings (SSSR count). The van der Waals surface area contributed by atoms with Gasteiger partial charge in [-0.2, -0.15) is 0 Å². The van der Waals surface area contributed by atoms with Gasteiger partial charge in [0.05, 0.1) is 23.7 Å². The molecular formula is C25H22ClN3O5S2. The van der Waals surface area contributed by atoms with Crippen LogP contribution in [0.1, 0.15) is 18.7 Å². The van der Waals surface area contributed by atoms with Gasteiger partial charge in [0.25, 0.3) is 0 Å². The zero-order valence-electron chi connectivity index (χ0n) is 19.6. The van der Waals surface area contributed by atoms with Crippen molar-refractivity contribution in [2.45, 2.75) is 36.1 Å². The summed E-state index contributed by atoms with van der Waals surface area (Å²) in [7, 11) is 1.56. The van der Waals surface area contributed by atoms with Crippen molar-refractivity contribution in [2.75, 3.05) is 17.3 Å². The van der Waals surface area contributed by atoms with Crippen molar-refractivity contribution < 1.29 is 19.1 Å². The molecule has 3 aromatic rings. The van der Waals surface area contributed by atoms with Crippen LogP contribution in [-0.4, -0.2) is 34.6 Å². The third-order valence-corrected chi connectivity index (χ3v) is 9.54. The summed E-state index contributed by atoms with van der Waals surface area (Å²) in [5, 5.41) is 3.13. The molecule has 2 aliphatic rings. The predicted octanol–water partition coefficient (Wildman–Crippen LogP) is 4.15. The summed E-state index contributed by atoms with van der Waals surface area (Å²) >= 11 is 8.18. The minimum absolute atomic E-state index is 0.208. The number of thiazole rings is 1. The number of nitrogens with zero attached hydrogens (tertiary/aromatic N) is 2. The minimum Gasteiger partial charge on any atom is -0.497 e. The predicted molar refractivity (Wildman–Crippen MR) is 140 cm³/mol. The molecule has 186 valence electrons. The third kappa shape index (κ3) is 4.03. The van der Waals surface area contributed by atoms with Gasteiger partial charge < -0.3 is 10.1 Å². The molecule has 0 unspecified atom stereocenters. The van der Waals surface area contributed by atoms with Crippen molar-refractivity contribution in [3.8, 4) is 5.75 Å². The highest BCUT2D eigenvalue weighted by molar-refractivity contribution is 8.00. The van der Waals surface area contributed by atoms with Crippen LogP contribution >= 0.6 is 34.7 Å². The summed E-state index contributed by atoms with van der Waals surface area (Å²) in [5.41, 5.74) is 0.252. The van der Waals surface area contributed by atoms with Crippen LogP contribution in [0.5, 0.6) is 5.75 Å². The fourth-order valence-corrected chi connectivity index (χ4v) is 7.79. The molecule has 1 aromatic heterocycles. The highest BCUT2D eigenvalue weighted by Gasteiger charge is 2.59. The maximum atomic E-state index is 13.5. The summed E-state index contributed by atoms with van der Waals surface area (Å²) in [6, 6.07) is 13.4. The van der Waals surface area contributed by atoms with Crippen molar-refractivity contribution in [1.82, 2.24) is 4.57 Å². The Kier molecular flexibility index (Phi) is 6.22. The number of rotatable bonds is 5. The number of nitrogens with one attached hydrogen (secondary N) is 1. The number of hydrogen-bond donors (Lipinski definition) is 1. The molecule has 2 aliphatic heterocycles. The lowest BCUT2D eigenvalue weighted by atomic mass is 9.76. The Morgan fingerprint density at radius 3 is 2.36 bits per heavy atom. The van der Waals surface area contributed by atoms with E-state index in [0.29, 0.717) is 32.1 Å². The van der Waals surface area contributed by atoms with Crippen LogP contribution in [0, 0.1) is 5.92 Å². The number of ether oxygens (including phenoxy) is 1. The number of anilines is 2. The van der Waals surface area contributed by atoms with Crippen LogP contribution < -0.4 is 19.8 Å². The molecule has 0 spiro atoms. The Balaban J connectivity index is 1.44. The van der Waals surface area contributed by atoms with Crippen molar-refractivity contribution >= 4 is 63.8 Å². The Morgan fingerprint density at radius 2 is 1.72 bits per heavy atom. The van der Waals surface area contributed by atoms with Crippen molar-refractivity contribution in [3.05, 3.63) is 68.1 Å². The first-order valence-electron chi connectivity index (χ1n) is 11.1. The standard InChI is InChI=1S/C25H22ClN3O5S2/c1-25(2)18-19(22(32)29(21(18)31)15-8-4-13(26)5-9-15)35-23-20(25)36-24(33)28(23)12-17(30)27-14-6-10-16(34-3)11-7-14/h4-11,18-19H,12H2,1-3H3,(H,27,30)/t18-,19+/m1/s1. The molecule has 11 heteroatoms. The zero-order chi connectivity index (χ0) is 25.8. The highest BCUT2D eigenvalue weighted by Crippen LogP contribution is 2.54. The number of benzene rings is 2. The van der Waals surface area contributed by atoms with E-state index in [-0.39, 0.29) is 29.1 Å². The average molecular weight is 544 g/mol. The van der Waals surface area contributed by atoms with E-state index in [1.807, 2.05) is 13.8 Å². The van der Waals surface area contributed by atoms with E-state index >= 15 is 0 Å². The van der Waals surface area contributed by atoms with Gasteiger partial charge in [0, 0.05) is 21.0 Å². The Hall–Kier alpha value is -3.08. The molecule has 3 amide bonds. The first kappa shape index (κ1) is 24.6. The van der Waals surface area contributed by atoms with Crippen molar-refractivity contribution in [2.24, 2.45) is 5.92 Å². The van der Waals surface area contributed by atoms with Crippen LogP contribution in [-0.2, 0) is 26.3 Å². The third-order valence-electron chi connectivity index (χ3n) is 6.46. The van der Waals surface area contributed by atoms with Crippen LogP contribution in [0.2, 0.25) is 5.02 Å². The summed E-state index contributed by atoms with van der Waals surface area (Å²) in [5.74, 6) is -1.01. The van der Waals surface area contributed by atoms with Gasteiger partial charge in [-0.3, -0.25) is 23.7 Å². The van der Waals surface area contributed by atoms with Crippen LogP contribution in [0.3, 0.4) is 0 Å². The smallest absolute Gasteiger partial charge is 0.308 e. The molecule has 0 saturated carbocycles. The minimum atomic E-state index is -0.777. The first-order chi connectivity index (χ1) is 17.1. The maximum Gasteiger partial charge on any atom is 0.308 e. The van der Waals surface area contributed by atoms with Gasteiger partial charge in [-0.15, -0.1) is 0 Å². The van der Waals surface area contributed by atoms with E-state index in [0.717, 1.165) is 11.3 Å². The van der Waals surface area contributed by atoms with Crippen LogP contribution in [0.15, 0.2) is 58.4 Å². The number of hydrogen-bond acceptors (Lipinski definition) is 7. The monoisotopic (exact) mass is 543 g/mol. The second-order valence-corrected chi connectivity index (χ2v) is 11.6. The van der Waals surface area contributed by atoms with Gasteiger partial charge in [0.2, 0.25) is 17.7 Å². The molecule has 0 radical (unpaired) electrons. The SMILES string of the molecule is COc1ccc(NC(=O)Cn2c3c(sc2=O)C(C)(C)[C@H]2C(=O)N(c4ccc(Cl)cc4)C(=O)[C@H]2S3)cc1. The molecule has 0 aliphatic carbocycles. The van der Waals surface area contributed by atoms with E-state index in [1.54, 1.807) is 55.6 Å². The number of halogens is 1. The number of amides is 3. The molecule has 36 heavy (non-hydrogen) atoms. The largest absolute Gasteiger partial charge is 0.497 e. The zero-order valence-corrected chi connectivity index (χ0v) is 22.0. The van der Waals surface area contributed by atoms with Gasteiger partial charge >= 0.3 is 4.87 Å². The summed E-state index contributed by atoms with van der Waals surface area (Å²) in [4.78, 5) is 54.3. The van der Waals surface area contributed by atoms with E-state index in [2.05, 4.69) is 5.32 Å². The van der Waals surface area contributed by atoms with Gasteiger partial charge in [-0.05, 0) is 48.5 Å². The number of thioether (sulfide) groups is 1. The highest BCUT2D eigenvalue weighted by atomic mass is 35.5. The summed E-state index contributed by atoms with van der Waals surface area (Å²) in [6.45, 7) is 3.54. The molecule has 3 heterocycles. The Morgan fingerprint density at radius 1 is 1.06 bits per heavy atom. The fraction of sp³-hybridized carbons (Fsp3) is 0.280. The maximum absolute atomic E-state index is 13.5. The van der Waals surface area contributed by atoms with Crippen molar-refractivity contribution in [1.29, 1.82) is 0 Å². The summed E-state index contributed by atoms with van der Waals surface area (Å²) in [6.07, 6.45) is 0. The molecule has 8 nitrogen and oxygen atoms in total. The average Bonchev–Trinajstić information content (AvgIpc) is 3.29. The normalized spacial score (nSPS) is 20.2. The van der Waals surface area contributed by atoms with Gasteiger partial charge in [0.15, 0.2) is 0 Å². The lowest BCUT2D eigenvalue weighted by Crippen LogP contribution is -2.41. The van der Waals surface area contributed by atoms with E-state index in [9.17, 15) is 19.2 Å². The Labute approximate surface area is 220 Å². The second-order valence-electron chi connectivity index (χ2n) is 9.09. The van der Waals surface area contributed by atoms with Gasteiger partial charge in [-0.25, -0.2) is 4.90 Å². The van der Waals surface area contributed by atoms with Crippen molar-refractivity contribution in [3.63, 3.8) is 0 Å². The van der Waals surface area contributed by atoms with E-state index in [4.69, 9.17) is 16.3 Å². The molecule has 1 fully saturated rings. The summed E-state index contributed by atoms with van der Waals surface area (Å²) < 4.78 is 6.52. The number of imide groups is 1. The molecular weight excluding hydrogens is 522 g/mol. The Bertz CT molecular complexity index is 1430. The second kappa shape index (κ2) is 9.10. The quantitative estimate of drug-likeness (QED) is 0.485. The van der Waals surface area contributed by atoms with Gasteiger partial charge in [-0.1, -0.05) is 48.5 Å². The molecule has 1 N–H and O–H groups in total. The number of methoxy groups -OCH3 is 1. The van der Waals surface area contributed by atoms with E-state index in [1.165, 1.54) is 21.2 Å². The van der Waals surface area contributed by atoms with Gasteiger partial charge in [0.1, 0.15) is 17.5 Å². The number of carbonyl (C=O) groups excluding carboxylic acids is 3. The number of aromatic nitrogens is 1. The molecule has 0 bridgehead atoms. The van der Waals surface area contributed by atoms with Crippen LogP contribution in [0.4, 0.5) is 11.4 Å². The van der Waals surface area contributed by atoms with Crippen LogP contribution in [0.25, 0.3) is 0 Å². The lowest BCUT2D eigenvalue weighted by Gasteiger charge is -2.36. The number of carbonyl (C=O) groups is 3. The topological polar surface area (TPSA) is 97.7 Å². The lowest BCUT2D eigenvalue weighted by molar-refractivity contribution is -0.123. The molecule has 2 aromatic carbocycles. The fourth-order valence-electron chi connectivity index (χ4n) is 4.63.